The van der Waals surface area contributed by atoms with Crippen molar-refractivity contribution in [2.45, 2.75) is 83.2 Å². The first-order valence-corrected chi connectivity index (χ1v) is 18.1. The first kappa shape index (κ1) is 32.1. The number of carbonyl (C=O) groups is 2. The topological polar surface area (TPSA) is 86.8 Å². The summed E-state index contributed by atoms with van der Waals surface area (Å²) in [5.41, 5.74) is 2.39. The minimum atomic E-state index is -3.82. The molecule has 7 nitrogen and oxygen atoms in total. The standard InChI is InChI=1S/C33H43Cl2N3O4S/c1-4-5-13-36-32(40)22(2)37(20-28-29(34)7-6-8-30(28)35)31(39)21-38(43(3,41)42)27-11-9-26(10-12-27)33-17-23-14-24(18-33)16-25(15-23)19-33/h6-12,22-25H,4-5,13-21H2,1-3H3,(H,36,40)/t22-,23?,24?,25?,33?/m0/s1. The number of sulfonamides is 1. The van der Waals surface area contributed by atoms with Gasteiger partial charge in [0.25, 0.3) is 0 Å². The number of nitrogens with one attached hydrogen (secondary N) is 1. The summed E-state index contributed by atoms with van der Waals surface area (Å²) in [6, 6.07) is 12.0. The molecule has 0 saturated heterocycles. The van der Waals surface area contributed by atoms with E-state index in [9.17, 15) is 18.0 Å². The molecule has 4 aliphatic rings. The van der Waals surface area contributed by atoms with Crippen molar-refractivity contribution in [2.75, 3.05) is 23.7 Å². The highest BCUT2D eigenvalue weighted by atomic mass is 35.5. The molecule has 2 aromatic carbocycles. The van der Waals surface area contributed by atoms with Gasteiger partial charge in [0.15, 0.2) is 0 Å². The van der Waals surface area contributed by atoms with Crippen molar-refractivity contribution in [1.29, 1.82) is 0 Å². The van der Waals surface area contributed by atoms with Crippen LogP contribution in [0.15, 0.2) is 42.5 Å². The van der Waals surface area contributed by atoms with Crippen molar-refractivity contribution in [2.24, 2.45) is 17.8 Å². The van der Waals surface area contributed by atoms with Crippen LogP contribution in [0.1, 0.15) is 76.3 Å². The Kier molecular flexibility index (Phi) is 9.69. The molecule has 2 amide bonds. The third kappa shape index (κ3) is 7.02. The Morgan fingerprint density at radius 1 is 0.977 bits per heavy atom. The molecule has 4 saturated carbocycles. The summed E-state index contributed by atoms with van der Waals surface area (Å²) in [6.07, 6.45) is 10.5. The number of unbranched alkanes of at least 4 members (excludes halogenated alkanes) is 1. The van der Waals surface area contributed by atoms with Crippen LogP contribution in [0, 0.1) is 17.8 Å². The van der Waals surface area contributed by atoms with Crippen molar-refractivity contribution in [3.05, 3.63) is 63.6 Å². The second-order valence-corrected chi connectivity index (χ2v) is 15.8. The number of rotatable bonds is 12. The predicted octanol–water partition coefficient (Wildman–Crippen LogP) is 6.56. The molecule has 2 aromatic rings. The Hall–Kier alpha value is -2.29. The van der Waals surface area contributed by atoms with Gasteiger partial charge in [0.2, 0.25) is 21.8 Å². The molecule has 1 atom stereocenters. The Morgan fingerprint density at radius 2 is 1.53 bits per heavy atom. The lowest BCUT2D eigenvalue weighted by molar-refractivity contribution is -0.139. The van der Waals surface area contributed by atoms with Crippen LogP contribution in [0.2, 0.25) is 10.0 Å². The lowest BCUT2D eigenvalue weighted by Gasteiger charge is -2.57. The lowest BCUT2D eigenvalue weighted by atomic mass is 9.48. The molecule has 234 valence electrons. The Morgan fingerprint density at radius 3 is 2.05 bits per heavy atom. The predicted molar refractivity (Wildman–Crippen MR) is 173 cm³/mol. The van der Waals surface area contributed by atoms with Crippen LogP contribution in [0.25, 0.3) is 0 Å². The second kappa shape index (κ2) is 13.0. The molecular formula is C33H43Cl2N3O4S. The maximum absolute atomic E-state index is 13.9. The highest BCUT2D eigenvalue weighted by Crippen LogP contribution is 2.60. The van der Waals surface area contributed by atoms with Crippen molar-refractivity contribution in [3.63, 3.8) is 0 Å². The van der Waals surface area contributed by atoms with Crippen LogP contribution < -0.4 is 9.62 Å². The summed E-state index contributed by atoms with van der Waals surface area (Å²) in [5.74, 6) is 1.56. The minimum Gasteiger partial charge on any atom is -0.354 e. The van der Waals surface area contributed by atoms with Gasteiger partial charge in [-0.3, -0.25) is 13.9 Å². The monoisotopic (exact) mass is 647 g/mol. The largest absolute Gasteiger partial charge is 0.354 e. The van der Waals surface area contributed by atoms with E-state index in [2.05, 4.69) is 17.4 Å². The fourth-order valence-corrected chi connectivity index (χ4v) is 9.40. The number of hydrogen-bond donors (Lipinski definition) is 1. The zero-order valence-electron chi connectivity index (χ0n) is 25.3. The molecule has 43 heavy (non-hydrogen) atoms. The molecule has 1 N–H and O–H groups in total. The van der Waals surface area contributed by atoms with Gasteiger partial charge in [-0.1, -0.05) is 54.7 Å². The minimum absolute atomic E-state index is 0.0394. The van der Waals surface area contributed by atoms with Crippen molar-refractivity contribution < 1.29 is 18.0 Å². The number of nitrogens with zero attached hydrogens (tertiary/aromatic N) is 2. The van der Waals surface area contributed by atoms with Crippen LogP contribution >= 0.6 is 23.2 Å². The lowest BCUT2D eigenvalue weighted by Crippen LogP contribution is -2.51. The quantitative estimate of drug-likeness (QED) is 0.264. The maximum Gasteiger partial charge on any atom is 0.244 e. The van der Waals surface area contributed by atoms with Crippen molar-refractivity contribution in [1.82, 2.24) is 10.2 Å². The van der Waals surface area contributed by atoms with Gasteiger partial charge in [0, 0.05) is 28.7 Å². The van der Waals surface area contributed by atoms with Gasteiger partial charge in [-0.05, 0) is 105 Å². The highest BCUT2D eigenvalue weighted by Gasteiger charge is 2.51. The Labute approximate surface area is 266 Å². The van der Waals surface area contributed by atoms with Crippen LogP contribution in [0.4, 0.5) is 5.69 Å². The van der Waals surface area contributed by atoms with E-state index in [1.165, 1.54) is 49.0 Å². The second-order valence-electron chi connectivity index (χ2n) is 13.1. The molecule has 0 radical (unpaired) electrons. The van der Waals surface area contributed by atoms with Gasteiger partial charge in [0.05, 0.1) is 11.9 Å². The zero-order chi connectivity index (χ0) is 30.9. The summed E-state index contributed by atoms with van der Waals surface area (Å²) in [7, 11) is -3.82. The number of benzene rings is 2. The van der Waals surface area contributed by atoms with Crippen LogP contribution in [-0.4, -0.2) is 50.5 Å². The average Bonchev–Trinajstić information content (AvgIpc) is 2.94. The highest BCUT2D eigenvalue weighted by molar-refractivity contribution is 7.92. The third-order valence-electron chi connectivity index (χ3n) is 9.87. The molecule has 6 rings (SSSR count). The molecule has 0 spiro atoms. The molecule has 0 aromatic heterocycles. The fourth-order valence-electron chi connectivity index (χ4n) is 8.03. The summed E-state index contributed by atoms with van der Waals surface area (Å²) in [6.45, 7) is 3.65. The van der Waals surface area contributed by atoms with E-state index < -0.39 is 28.5 Å². The molecule has 0 aliphatic heterocycles. The average molecular weight is 649 g/mol. The van der Waals surface area contributed by atoms with Crippen LogP contribution in [-0.2, 0) is 31.6 Å². The smallest absolute Gasteiger partial charge is 0.244 e. The fraction of sp³-hybridized carbons (Fsp3) is 0.576. The Balaban J connectivity index is 1.39. The Bertz CT molecular complexity index is 1390. The molecule has 4 fully saturated rings. The summed E-state index contributed by atoms with van der Waals surface area (Å²) in [4.78, 5) is 28.4. The maximum atomic E-state index is 13.9. The molecule has 4 aliphatic carbocycles. The van der Waals surface area contributed by atoms with E-state index in [1.54, 1.807) is 25.1 Å². The number of hydrogen-bond acceptors (Lipinski definition) is 4. The zero-order valence-corrected chi connectivity index (χ0v) is 27.6. The van der Waals surface area contributed by atoms with Gasteiger partial charge >= 0.3 is 0 Å². The van der Waals surface area contributed by atoms with E-state index >= 15 is 0 Å². The van der Waals surface area contributed by atoms with E-state index in [0.717, 1.165) is 41.2 Å². The summed E-state index contributed by atoms with van der Waals surface area (Å²) >= 11 is 12.9. The van der Waals surface area contributed by atoms with E-state index in [0.29, 0.717) is 27.8 Å². The third-order valence-corrected chi connectivity index (χ3v) is 11.7. The van der Waals surface area contributed by atoms with Gasteiger partial charge in [0.1, 0.15) is 12.6 Å². The van der Waals surface area contributed by atoms with Gasteiger partial charge < -0.3 is 10.2 Å². The number of amides is 2. The van der Waals surface area contributed by atoms with Crippen LogP contribution in [0.3, 0.4) is 0 Å². The number of halogens is 2. The number of anilines is 1. The van der Waals surface area contributed by atoms with E-state index in [-0.39, 0.29) is 17.9 Å². The van der Waals surface area contributed by atoms with Gasteiger partial charge in [-0.2, -0.15) is 0 Å². The van der Waals surface area contributed by atoms with E-state index in [1.807, 2.05) is 19.1 Å². The molecular weight excluding hydrogens is 605 g/mol. The van der Waals surface area contributed by atoms with Crippen molar-refractivity contribution >= 4 is 50.7 Å². The summed E-state index contributed by atoms with van der Waals surface area (Å²) in [5, 5.41) is 3.61. The molecule has 4 bridgehead atoms. The van der Waals surface area contributed by atoms with E-state index in [4.69, 9.17) is 23.2 Å². The SMILES string of the molecule is CCCCNC(=O)[C@H](C)N(Cc1c(Cl)cccc1Cl)C(=O)CN(c1ccc(C23CC4CC(CC(C4)C2)C3)cc1)S(C)(=O)=O. The molecule has 0 heterocycles. The molecule has 0 unspecified atom stereocenters. The summed E-state index contributed by atoms with van der Waals surface area (Å²) < 4.78 is 27.3. The van der Waals surface area contributed by atoms with Gasteiger partial charge in [-0.25, -0.2) is 8.42 Å². The van der Waals surface area contributed by atoms with Crippen molar-refractivity contribution in [3.8, 4) is 0 Å². The van der Waals surface area contributed by atoms with Gasteiger partial charge in [-0.15, -0.1) is 0 Å². The van der Waals surface area contributed by atoms with Crippen LogP contribution in [0.5, 0.6) is 0 Å². The number of carbonyl (C=O) groups excluding carboxylic acids is 2. The normalized spacial score (nSPS) is 24.9. The first-order valence-electron chi connectivity index (χ1n) is 15.5. The molecule has 10 heteroatoms. The first-order chi connectivity index (χ1) is 20.4.